The fourth-order valence-electron chi connectivity index (χ4n) is 3.36. The minimum absolute atomic E-state index is 0.0850. The van der Waals surface area contributed by atoms with Crippen LogP contribution in [0.4, 0.5) is 0 Å². The van der Waals surface area contributed by atoms with Gasteiger partial charge in [-0.1, -0.05) is 0 Å². The van der Waals surface area contributed by atoms with E-state index in [4.69, 9.17) is 19.0 Å². The first-order valence-electron chi connectivity index (χ1n) is 9.06. The van der Waals surface area contributed by atoms with E-state index in [1.807, 2.05) is 0 Å². The van der Waals surface area contributed by atoms with Crippen molar-refractivity contribution < 1.29 is 49.3 Å². The molecule has 0 saturated carbocycles. The van der Waals surface area contributed by atoms with Gasteiger partial charge in [0, 0.05) is 17.5 Å². The zero-order valence-electron chi connectivity index (χ0n) is 15.8. The largest absolute Gasteiger partial charge is 0.476 e. The molecule has 0 bridgehead atoms. The molecular formula is C19H22O11. The average Bonchev–Trinajstić information content (AvgIpc) is 2.68. The van der Waals surface area contributed by atoms with Crippen molar-refractivity contribution in [3.8, 4) is 5.75 Å². The lowest BCUT2D eigenvalue weighted by Crippen LogP contribution is -2.65. The summed E-state index contributed by atoms with van der Waals surface area (Å²) in [5.41, 5.74) is 0.148. The Labute approximate surface area is 169 Å². The van der Waals surface area contributed by atoms with Gasteiger partial charge in [0.1, 0.15) is 35.7 Å². The molecule has 1 aliphatic heterocycles. The Morgan fingerprint density at radius 2 is 2.00 bits per heavy atom. The summed E-state index contributed by atoms with van der Waals surface area (Å²) >= 11 is 0. The van der Waals surface area contributed by atoms with E-state index < -0.39 is 60.9 Å². The number of aliphatic hydroxyl groups is 5. The number of carboxylic acids is 1. The Kier molecular flexibility index (Phi) is 6.13. The second kappa shape index (κ2) is 8.30. The summed E-state index contributed by atoms with van der Waals surface area (Å²) in [6.45, 7) is 0.798. The van der Waals surface area contributed by atoms with Crippen LogP contribution in [0.15, 0.2) is 33.5 Å². The van der Waals surface area contributed by atoms with E-state index in [0.717, 1.165) is 0 Å². The van der Waals surface area contributed by atoms with Gasteiger partial charge in [-0.25, -0.2) is 9.59 Å². The van der Waals surface area contributed by atoms with Gasteiger partial charge in [-0.3, -0.25) is 0 Å². The number of hydrogen-bond acceptors (Lipinski definition) is 10. The van der Waals surface area contributed by atoms with Crippen molar-refractivity contribution in [1.29, 1.82) is 0 Å². The number of aliphatic carboxylic acids is 1. The Morgan fingerprint density at radius 1 is 1.30 bits per heavy atom. The number of aliphatic hydroxyl groups excluding tert-OH is 5. The van der Waals surface area contributed by atoms with Gasteiger partial charge in [-0.2, -0.15) is 0 Å². The SMILES string of the molecule is Cc1cc(=O)oc2cc(O[C@]3(C(=O)O)C[C@H](O)[C@@H](O)C([C@H](O)[C@H](O)CO)O3)ccc12. The Bertz CT molecular complexity index is 986. The molecule has 0 radical (unpaired) electrons. The topological polar surface area (TPSA) is 187 Å². The first-order chi connectivity index (χ1) is 14.1. The molecule has 1 aliphatic rings. The molecule has 164 valence electrons. The Balaban J connectivity index is 1.99. The summed E-state index contributed by atoms with van der Waals surface area (Å²) < 4.78 is 15.9. The molecule has 0 aliphatic carbocycles. The van der Waals surface area contributed by atoms with Gasteiger partial charge in [0.05, 0.1) is 19.1 Å². The number of hydrogen-bond donors (Lipinski definition) is 6. The van der Waals surface area contributed by atoms with E-state index in [0.29, 0.717) is 10.9 Å². The van der Waals surface area contributed by atoms with Gasteiger partial charge in [-0.15, -0.1) is 0 Å². The van der Waals surface area contributed by atoms with E-state index in [9.17, 15) is 35.1 Å². The van der Waals surface area contributed by atoms with Crippen LogP contribution in [0.2, 0.25) is 0 Å². The minimum Gasteiger partial charge on any atom is -0.476 e. The van der Waals surface area contributed by atoms with Crippen LogP contribution in [0.25, 0.3) is 11.0 Å². The molecule has 0 spiro atoms. The summed E-state index contributed by atoms with van der Waals surface area (Å²) in [5, 5.41) is 59.4. The molecule has 1 aromatic carbocycles. The third-order valence-electron chi connectivity index (χ3n) is 4.98. The molecule has 2 heterocycles. The van der Waals surface area contributed by atoms with Crippen molar-refractivity contribution >= 4 is 16.9 Å². The van der Waals surface area contributed by atoms with Crippen molar-refractivity contribution in [3.63, 3.8) is 0 Å². The second-order valence-electron chi connectivity index (χ2n) is 7.15. The van der Waals surface area contributed by atoms with Crippen LogP contribution in [-0.4, -0.2) is 79.5 Å². The van der Waals surface area contributed by atoms with Crippen LogP contribution >= 0.6 is 0 Å². The molecular weight excluding hydrogens is 404 g/mol. The first-order valence-corrected chi connectivity index (χ1v) is 9.06. The highest BCUT2D eigenvalue weighted by molar-refractivity contribution is 5.82. The fraction of sp³-hybridized carbons (Fsp3) is 0.474. The first kappa shape index (κ1) is 22.2. The van der Waals surface area contributed by atoms with Gasteiger partial charge in [0.25, 0.3) is 0 Å². The number of rotatable bonds is 6. The van der Waals surface area contributed by atoms with E-state index in [2.05, 4.69) is 0 Å². The highest BCUT2D eigenvalue weighted by atomic mass is 16.7. The molecule has 3 rings (SSSR count). The maximum Gasteiger partial charge on any atom is 0.377 e. The molecule has 11 heteroatoms. The van der Waals surface area contributed by atoms with Crippen molar-refractivity contribution in [2.75, 3.05) is 6.61 Å². The molecule has 1 fully saturated rings. The third kappa shape index (κ3) is 4.03. The van der Waals surface area contributed by atoms with Gasteiger partial charge < -0.3 is 44.5 Å². The normalized spacial score (nSPS) is 28.8. The molecule has 30 heavy (non-hydrogen) atoms. The van der Waals surface area contributed by atoms with Crippen LogP contribution in [0, 0.1) is 6.92 Å². The lowest BCUT2D eigenvalue weighted by molar-refractivity contribution is -0.303. The summed E-state index contributed by atoms with van der Waals surface area (Å²) in [5.74, 6) is -4.30. The molecule has 6 N–H and O–H groups in total. The zero-order valence-corrected chi connectivity index (χ0v) is 15.8. The summed E-state index contributed by atoms with van der Waals surface area (Å²) in [6, 6.07) is 5.49. The van der Waals surface area contributed by atoms with E-state index in [1.165, 1.54) is 24.3 Å². The van der Waals surface area contributed by atoms with Crippen LogP contribution in [0.5, 0.6) is 5.75 Å². The molecule has 11 nitrogen and oxygen atoms in total. The maximum absolute atomic E-state index is 12.0. The van der Waals surface area contributed by atoms with Crippen molar-refractivity contribution in [2.45, 2.75) is 49.7 Å². The molecule has 1 unspecified atom stereocenters. The van der Waals surface area contributed by atoms with E-state index in [-0.39, 0.29) is 11.3 Å². The maximum atomic E-state index is 12.0. The lowest BCUT2D eigenvalue weighted by atomic mass is 9.90. The number of carbonyl (C=O) groups is 1. The number of ether oxygens (including phenoxy) is 2. The van der Waals surface area contributed by atoms with Crippen LogP contribution < -0.4 is 10.4 Å². The van der Waals surface area contributed by atoms with Gasteiger partial charge >= 0.3 is 17.4 Å². The van der Waals surface area contributed by atoms with Crippen molar-refractivity contribution in [3.05, 3.63) is 40.2 Å². The summed E-state index contributed by atoms with van der Waals surface area (Å²) in [4.78, 5) is 23.6. The lowest BCUT2D eigenvalue weighted by Gasteiger charge is -2.44. The average molecular weight is 426 g/mol. The number of fused-ring (bicyclic) bond motifs is 1. The predicted octanol–water partition coefficient (Wildman–Crippen LogP) is -1.51. The summed E-state index contributed by atoms with van der Waals surface area (Å²) in [6.07, 6.45) is -9.63. The summed E-state index contributed by atoms with van der Waals surface area (Å²) in [7, 11) is 0. The molecule has 0 amide bonds. The van der Waals surface area contributed by atoms with Gasteiger partial charge in [-0.05, 0) is 24.6 Å². The second-order valence-corrected chi connectivity index (χ2v) is 7.15. The minimum atomic E-state index is -2.54. The predicted molar refractivity (Wildman–Crippen MR) is 98.8 cm³/mol. The van der Waals surface area contributed by atoms with Crippen molar-refractivity contribution in [2.24, 2.45) is 0 Å². The van der Waals surface area contributed by atoms with Crippen LogP contribution in [0.1, 0.15) is 12.0 Å². The third-order valence-corrected chi connectivity index (χ3v) is 4.98. The molecule has 1 saturated heterocycles. The fourth-order valence-corrected chi connectivity index (χ4v) is 3.36. The van der Waals surface area contributed by atoms with Crippen LogP contribution in [0.3, 0.4) is 0 Å². The number of aryl methyl sites for hydroxylation is 1. The van der Waals surface area contributed by atoms with Gasteiger partial charge in [0.15, 0.2) is 0 Å². The monoisotopic (exact) mass is 426 g/mol. The Hall–Kier alpha value is -2.54. The standard InChI is InChI=1S/C19H22O11/c1-8-4-14(23)28-13-5-9(2-3-10(8)13)29-19(18(26)27)6-11(21)15(24)17(30-19)16(25)12(22)7-20/h2-5,11-12,15-17,20-22,24-25H,6-7H2,1H3,(H,26,27)/t11-,12+,15+,16+,17?,19+/m0/s1. The molecule has 1 aromatic heterocycles. The van der Waals surface area contributed by atoms with Gasteiger partial charge in [0.2, 0.25) is 0 Å². The quantitative estimate of drug-likeness (QED) is 0.295. The smallest absolute Gasteiger partial charge is 0.377 e. The molecule has 2 aromatic rings. The molecule has 6 atom stereocenters. The highest BCUT2D eigenvalue weighted by Crippen LogP contribution is 2.35. The van der Waals surface area contributed by atoms with Crippen molar-refractivity contribution in [1.82, 2.24) is 0 Å². The van der Waals surface area contributed by atoms with E-state index in [1.54, 1.807) is 6.92 Å². The van der Waals surface area contributed by atoms with Crippen LogP contribution in [-0.2, 0) is 9.53 Å². The zero-order chi connectivity index (χ0) is 22.2. The Morgan fingerprint density at radius 3 is 2.63 bits per heavy atom. The number of benzene rings is 1. The van der Waals surface area contributed by atoms with E-state index >= 15 is 0 Å². The number of carboxylic acid groups (broad SMARTS) is 1. The highest BCUT2D eigenvalue weighted by Gasteiger charge is 2.56.